The van der Waals surface area contributed by atoms with Crippen LogP contribution in [-0.4, -0.2) is 4.98 Å². The van der Waals surface area contributed by atoms with Crippen molar-refractivity contribution < 1.29 is 13.2 Å². The van der Waals surface area contributed by atoms with E-state index in [0.29, 0.717) is 15.5 Å². The largest absolute Gasteiger partial charge is 0.417 e. The van der Waals surface area contributed by atoms with Crippen molar-refractivity contribution in [1.82, 2.24) is 4.98 Å². The Kier molecular flexibility index (Phi) is 3.86. The van der Waals surface area contributed by atoms with Gasteiger partial charge in [0.25, 0.3) is 0 Å². The van der Waals surface area contributed by atoms with Crippen LogP contribution < -0.4 is 5.73 Å². The highest BCUT2D eigenvalue weighted by Gasteiger charge is 2.33. The molecule has 0 bridgehead atoms. The zero-order valence-corrected chi connectivity index (χ0v) is 10.8. The van der Waals surface area contributed by atoms with Gasteiger partial charge in [-0.05, 0) is 24.3 Å². The van der Waals surface area contributed by atoms with E-state index in [2.05, 4.69) is 4.98 Å². The van der Waals surface area contributed by atoms with Crippen molar-refractivity contribution in [3.8, 4) is 6.07 Å². The first kappa shape index (κ1) is 14.2. The summed E-state index contributed by atoms with van der Waals surface area (Å²) >= 11 is 1.18. The number of hydrogen-bond acceptors (Lipinski definition) is 4. The molecule has 0 fully saturated rings. The standard InChI is InChI=1S/C13H8F3N3S/c14-13(15,16)10-2-1-9(5-8(10)6-17)20-12-3-4-19-7-11(12)18/h1-5,7H,18H2. The zero-order valence-electron chi connectivity index (χ0n) is 9.98. The van der Waals surface area contributed by atoms with Crippen molar-refractivity contribution in [2.24, 2.45) is 0 Å². The average molecular weight is 295 g/mol. The molecule has 0 spiro atoms. The predicted octanol–water partition coefficient (Wildman–Crippen LogP) is 3.71. The second kappa shape index (κ2) is 5.43. The monoisotopic (exact) mass is 295 g/mol. The molecule has 0 radical (unpaired) electrons. The Bertz CT molecular complexity index is 677. The van der Waals surface area contributed by atoms with Crippen molar-refractivity contribution >= 4 is 17.4 Å². The number of alkyl halides is 3. The quantitative estimate of drug-likeness (QED) is 0.917. The zero-order chi connectivity index (χ0) is 14.8. The minimum Gasteiger partial charge on any atom is -0.397 e. The molecule has 0 saturated heterocycles. The predicted molar refractivity (Wildman–Crippen MR) is 68.9 cm³/mol. The van der Waals surface area contributed by atoms with Gasteiger partial charge in [0.2, 0.25) is 0 Å². The number of hydrogen-bond donors (Lipinski definition) is 1. The van der Waals surface area contributed by atoms with Gasteiger partial charge < -0.3 is 5.73 Å². The number of nitrogens with two attached hydrogens (primary N) is 1. The maximum atomic E-state index is 12.7. The summed E-state index contributed by atoms with van der Waals surface area (Å²) in [5.41, 5.74) is 4.79. The van der Waals surface area contributed by atoms with Gasteiger partial charge in [0.1, 0.15) is 0 Å². The van der Waals surface area contributed by atoms with Crippen molar-refractivity contribution in [3.63, 3.8) is 0 Å². The summed E-state index contributed by atoms with van der Waals surface area (Å²) in [6, 6.07) is 6.64. The molecule has 7 heteroatoms. The number of benzene rings is 1. The molecule has 102 valence electrons. The van der Waals surface area contributed by atoms with Crippen LogP contribution in [0.4, 0.5) is 18.9 Å². The third-order valence-electron chi connectivity index (χ3n) is 2.45. The van der Waals surface area contributed by atoms with Gasteiger partial charge in [0.15, 0.2) is 0 Å². The molecule has 3 nitrogen and oxygen atoms in total. The highest BCUT2D eigenvalue weighted by molar-refractivity contribution is 7.99. The number of aromatic nitrogens is 1. The van der Waals surface area contributed by atoms with Gasteiger partial charge in [-0.1, -0.05) is 11.8 Å². The Morgan fingerprint density at radius 1 is 1.25 bits per heavy atom. The van der Waals surface area contributed by atoms with E-state index in [1.54, 1.807) is 12.1 Å². The van der Waals surface area contributed by atoms with E-state index in [1.807, 2.05) is 0 Å². The molecule has 2 N–H and O–H groups in total. The summed E-state index contributed by atoms with van der Waals surface area (Å²) in [5, 5.41) is 8.83. The van der Waals surface area contributed by atoms with E-state index < -0.39 is 17.3 Å². The number of rotatable bonds is 2. The average Bonchev–Trinajstić information content (AvgIpc) is 2.40. The van der Waals surface area contributed by atoms with Gasteiger partial charge >= 0.3 is 6.18 Å². The Balaban J connectivity index is 2.37. The van der Waals surface area contributed by atoms with Crippen LogP contribution in [0.5, 0.6) is 0 Å². The van der Waals surface area contributed by atoms with E-state index >= 15 is 0 Å². The Morgan fingerprint density at radius 3 is 2.60 bits per heavy atom. The van der Waals surface area contributed by atoms with E-state index in [0.717, 1.165) is 6.07 Å². The van der Waals surface area contributed by atoms with E-state index in [-0.39, 0.29) is 0 Å². The molecule has 0 atom stereocenters. The van der Waals surface area contributed by atoms with Crippen LogP contribution in [0.15, 0.2) is 46.5 Å². The van der Waals surface area contributed by atoms with Crippen LogP contribution in [0.25, 0.3) is 0 Å². The molecule has 0 aliphatic rings. The molecule has 0 unspecified atom stereocenters. The van der Waals surface area contributed by atoms with Crippen LogP contribution >= 0.6 is 11.8 Å². The lowest BCUT2D eigenvalue weighted by molar-refractivity contribution is -0.137. The molecule has 1 heterocycles. The van der Waals surface area contributed by atoms with Crippen molar-refractivity contribution in [2.45, 2.75) is 16.0 Å². The summed E-state index contributed by atoms with van der Waals surface area (Å²) < 4.78 is 38.0. The molecule has 0 aliphatic carbocycles. The van der Waals surface area contributed by atoms with Crippen LogP contribution in [0.3, 0.4) is 0 Å². The third-order valence-corrected chi connectivity index (χ3v) is 3.54. The minimum absolute atomic E-state index is 0.407. The van der Waals surface area contributed by atoms with E-state index in [1.165, 1.54) is 36.3 Å². The van der Waals surface area contributed by atoms with Gasteiger partial charge in [-0.3, -0.25) is 4.98 Å². The van der Waals surface area contributed by atoms with Gasteiger partial charge in [-0.25, -0.2) is 0 Å². The van der Waals surface area contributed by atoms with Gasteiger partial charge in [0, 0.05) is 16.0 Å². The fraction of sp³-hybridized carbons (Fsp3) is 0.0769. The highest BCUT2D eigenvalue weighted by atomic mass is 32.2. The first-order valence-corrected chi connectivity index (χ1v) is 6.22. The van der Waals surface area contributed by atoms with Crippen molar-refractivity contribution in [1.29, 1.82) is 5.26 Å². The summed E-state index contributed by atoms with van der Waals surface area (Å²) in [7, 11) is 0. The number of halogens is 3. The van der Waals surface area contributed by atoms with E-state index in [9.17, 15) is 13.2 Å². The SMILES string of the molecule is N#Cc1cc(Sc2ccncc2N)ccc1C(F)(F)F. The smallest absolute Gasteiger partial charge is 0.397 e. The maximum Gasteiger partial charge on any atom is 0.417 e. The molecule has 1 aromatic carbocycles. The molecular weight excluding hydrogens is 287 g/mol. The Morgan fingerprint density at radius 2 is 2.00 bits per heavy atom. The summed E-state index contributed by atoms with van der Waals surface area (Å²) in [6.45, 7) is 0. The number of pyridine rings is 1. The number of anilines is 1. The fourth-order valence-electron chi connectivity index (χ4n) is 1.54. The second-order valence-corrected chi connectivity index (χ2v) is 4.95. The summed E-state index contributed by atoms with van der Waals surface area (Å²) in [6.07, 6.45) is -1.55. The van der Waals surface area contributed by atoms with Gasteiger partial charge in [-0.2, -0.15) is 18.4 Å². The van der Waals surface area contributed by atoms with Gasteiger partial charge in [0.05, 0.1) is 29.1 Å². The molecule has 1 aromatic heterocycles. The lowest BCUT2D eigenvalue weighted by atomic mass is 10.1. The fourth-order valence-corrected chi connectivity index (χ4v) is 2.41. The van der Waals surface area contributed by atoms with Crippen molar-refractivity contribution in [2.75, 3.05) is 5.73 Å². The molecule has 0 amide bonds. The summed E-state index contributed by atoms with van der Waals surface area (Å²) in [4.78, 5) is 5.00. The lowest BCUT2D eigenvalue weighted by Crippen LogP contribution is -2.07. The lowest BCUT2D eigenvalue weighted by Gasteiger charge is -2.10. The minimum atomic E-state index is -4.54. The molecule has 0 aliphatic heterocycles. The number of nitrogens with zero attached hydrogens (tertiary/aromatic N) is 2. The maximum absolute atomic E-state index is 12.7. The van der Waals surface area contributed by atoms with Crippen LogP contribution in [0, 0.1) is 11.3 Å². The Labute approximate surface area is 117 Å². The molecule has 2 rings (SSSR count). The van der Waals surface area contributed by atoms with Gasteiger partial charge in [-0.15, -0.1) is 0 Å². The number of nitrogen functional groups attached to an aromatic ring is 1. The topological polar surface area (TPSA) is 62.7 Å². The normalized spacial score (nSPS) is 11.1. The second-order valence-electron chi connectivity index (χ2n) is 3.83. The molecular formula is C13H8F3N3S. The Hall–Kier alpha value is -2.20. The first-order valence-electron chi connectivity index (χ1n) is 5.40. The van der Waals surface area contributed by atoms with Crippen LogP contribution in [-0.2, 0) is 6.18 Å². The molecule has 20 heavy (non-hydrogen) atoms. The molecule has 0 saturated carbocycles. The third kappa shape index (κ3) is 3.03. The van der Waals surface area contributed by atoms with Crippen LogP contribution in [0.2, 0.25) is 0 Å². The van der Waals surface area contributed by atoms with Crippen LogP contribution in [0.1, 0.15) is 11.1 Å². The first-order chi connectivity index (χ1) is 9.41. The molecule has 2 aromatic rings. The van der Waals surface area contributed by atoms with Crippen molar-refractivity contribution in [3.05, 3.63) is 47.8 Å². The number of nitriles is 1. The summed E-state index contributed by atoms with van der Waals surface area (Å²) in [5.74, 6) is 0. The highest BCUT2D eigenvalue weighted by Crippen LogP contribution is 2.36. The van der Waals surface area contributed by atoms with E-state index in [4.69, 9.17) is 11.0 Å².